The summed E-state index contributed by atoms with van der Waals surface area (Å²) in [5, 5.41) is 5.13. The molecule has 460 valence electrons. The highest BCUT2D eigenvalue weighted by molar-refractivity contribution is 7.99. The molecule has 2 aliphatic heterocycles. The van der Waals surface area contributed by atoms with E-state index in [-0.39, 0.29) is 81.3 Å². The molecule has 0 spiro atoms. The summed E-state index contributed by atoms with van der Waals surface area (Å²) in [5.74, 6) is 0.418. The molecule has 79 heavy (non-hydrogen) atoms. The quantitative estimate of drug-likeness (QED) is 0.0446. The highest BCUT2D eigenvalue weighted by Gasteiger charge is 2.26. The molecule has 0 radical (unpaired) electrons. The Hall–Kier alpha value is -3.06. The van der Waals surface area contributed by atoms with E-state index in [1.54, 1.807) is 0 Å². The Kier molecular flexibility index (Phi) is 49.6. The zero-order chi connectivity index (χ0) is 57.7. The summed E-state index contributed by atoms with van der Waals surface area (Å²) in [7, 11) is 0. The van der Waals surface area contributed by atoms with Crippen LogP contribution < -0.4 is 16.4 Å². The maximum absolute atomic E-state index is 12.3. The number of carbonyl (C=O) groups excluding carboxylic acids is 6. The summed E-state index contributed by atoms with van der Waals surface area (Å²) < 4.78 is 81.2. The summed E-state index contributed by atoms with van der Waals surface area (Å²) >= 11 is 2.94. The highest BCUT2D eigenvalue weighted by atomic mass is 32.2. The molecule has 2 rings (SSSR count). The van der Waals surface area contributed by atoms with Gasteiger partial charge in [0.25, 0.3) is 0 Å². The van der Waals surface area contributed by atoms with Crippen molar-refractivity contribution in [2.75, 3.05) is 214 Å². The first-order valence-electron chi connectivity index (χ1n) is 27.4. The van der Waals surface area contributed by atoms with Crippen LogP contribution in [-0.2, 0) is 99.8 Å². The summed E-state index contributed by atoms with van der Waals surface area (Å²) in [4.78, 5) is 71.4. The monoisotopic (exact) mass is 1170 g/mol. The van der Waals surface area contributed by atoms with E-state index in [1.807, 2.05) is 20.8 Å². The molecule has 24 nitrogen and oxygen atoms in total. The van der Waals surface area contributed by atoms with Gasteiger partial charge >= 0.3 is 11.9 Å². The maximum Gasteiger partial charge on any atom is 0.310 e. The lowest BCUT2D eigenvalue weighted by molar-refractivity contribution is -0.151. The standard InChI is InChI=1S/C30H53NO11S.C23H42N2O10S/c1-25(42-30(2,3)4)6-5-8-35-9-10-36-11-12-37-13-14-38-15-16-39-17-18-40-19-20-41-29(34)26-22-27(32)23-31-28(33)7-21-43-24-26;24-2-3-29-4-5-30-6-7-31-8-9-32-10-11-33-12-13-34-14-15-35-23(28)20-17-21(26)18-25-22(27)1-16-36-19-20/h26H,1,5-24H2,2-4H3,(H,31,33);20H,1-19,24H2,(H,25,27)/t26-;20-/m00/s1. The van der Waals surface area contributed by atoms with Crippen LogP contribution in [0.2, 0.25) is 0 Å². The van der Waals surface area contributed by atoms with Gasteiger partial charge in [-0.3, -0.25) is 28.8 Å². The third-order valence-corrected chi connectivity index (χ3v) is 12.5. The number of hydrogen-bond donors (Lipinski definition) is 3. The molecule has 0 aliphatic carbocycles. The number of rotatable bonds is 45. The predicted octanol–water partition coefficient (Wildman–Crippen LogP) is 1.98. The van der Waals surface area contributed by atoms with E-state index in [0.29, 0.717) is 188 Å². The Balaban J connectivity index is 0.000000803. The largest absolute Gasteiger partial charge is 0.493 e. The van der Waals surface area contributed by atoms with Crippen LogP contribution in [-0.4, -0.2) is 255 Å². The molecule has 0 aromatic heterocycles. The highest BCUT2D eigenvalue weighted by Crippen LogP contribution is 2.19. The van der Waals surface area contributed by atoms with Gasteiger partial charge in [-0.05, 0) is 27.2 Å². The lowest BCUT2D eigenvalue weighted by atomic mass is 10.0. The van der Waals surface area contributed by atoms with E-state index in [1.165, 1.54) is 23.5 Å². The number of allylic oxidation sites excluding steroid dienone is 1. The van der Waals surface area contributed by atoms with E-state index in [4.69, 9.17) is 76.8 Å². The van der Waals surface area contributed by atoms with Crippen molar-refractivity contribution >= 4 is 58.8 Å². The zero-order valence-corrected chi connectivity index (χ0v) is 49.0. The second kappa shape index (κ2) is 53.0. The number of ether oxygens (including phenoxy) is 15. The topological polar surface area (TPSA) is 291 Å². The minimum atomic E-state index is -0.512. The van der Waals surface area contributed by atoms with Crippen LogP contribution in [0.1, 0.15) is 59.3 Å². The lowest BCUT2D eigenvalue weighted by Crippen LogP contribution is -2.34. The van der Waals surface area contributed by atoms with Gasteiger partial charge in [-0.25, -0.2) is 0 Å². The number of nitrogens with one attached hydrogen (secondary N) is 2. The second-order valence-corrected chi connectivity index (χ2v) is 20.7. The Morgan fingerprint density at radius 2 is 0.772 bits per heavy atom. The molecule has 0 aromatic rings. The van der Waals surface area contributed by atoms with Crippen molar-refractivity contribution in [3.8, 4) is 0 Å². The summed E-state index contributed by atoms with van der Waals surface area (Å²) in [6, 6.07) is 0. The van der Waals surface area contributed by atoms with Crippen molar-refractivity contribution in [1.82, 2.24) is 10.6 Å². The number of esters is 2. The van der Waals surface area contributed by atoms with Gasteiger partial charge in [0.1, 0.15) is 18.8 Å². The predicted molar refractivity (Wildman–Crippen MR) is 296 cm³/mol. The van der Waals surface area contributed by atoms with Crippen LogP contribution in [0.5, 0.6) is 0 Å². The van der Waals surface area contributed by atoms with E-state index in [9.17, 15) is 28.8 Å². The minimum Gasteiger partial charge on any atom is -0.493 e. The Bertz CT molecular complexity index is 1580. The first kappa shape index (κ1) is 74.0. The van der Waals surface area contributed by atoms with E-state index >= 15 is 0 Å². The van der Waals surface area contributed by atoms with Crippen LogP contribution in [0.3, 0.4) is 0 Å². The van der Waals surface area contributed by atoms with Crippen molar-refractivity contribution < 1.29 is 99.8 Å². The van der Waals surface area contributed by atoms with Crippen LogP contribution in [0, 0.1) is 11.8 Å². The zero-order valence-electron chi connectivity index (χ0n) is 47.4. The first-order chi connectivity index (χ1) is 38.3. The molecule has 4 N–H and O–H groups in total. The third-order valence-electron chi connectivity index (χ3n) is 10.3. The fraction of sp³-hybridized carbons (Fsp3) is 0.849. The van der Waals surface area contributed by atoms with Gasteiger partial charge in [-0.2, -0.15) is 23.5 Å². The van der Waals surface area contributed by atoms with Gasteiger partial charge in [0.15, 0.2) is 11.6 Å². The number of thioether (sulfide) groups is 2. The first-order valence-corrected chi connectivity index (χ1v) is 29.7. The molecular weight excluding hydrogens is 1080 g/mol. The Morgan fingerprint density at radius 3 is 1.08 bits per heavy atom. The van der Waals surface area contributed by atoms with Crippen molar-refractivity contribution in [3.05, 3.63) is 12.3 Å². The number of Topliss-reactive ketones (excluding diaryl/α,β-unsaturated/α-hetero) is 2. The van der Waals surface area contributed by atoms with E-state index < -0.39 is 23.8 Å². The van der Waals surface area contributed by atoms with Crippen molar-refractivity contribution in [1.29, 1.82) is 0 Å². The SMILES string of the molecule is C=C(CCCOCCOCCOCCOCCOCCOCCOC(=O)[C@@H]1CSCCC(=O)NCC(=O)C1)OC(C)(C)C.NCCOCCOCCOCCOCCOCCOCCOC(=O)[C@@H]1CSCCC(=O)NCC(=O)C1. The maximum atomic E-state index is 12.3. The molecule has 2 fully saturated rings. The molecule has 2 heterocycles. The van der Waals surface area contributed by atoms with Gasteiger partial charge in [0.2, 0.25) is 11.8 Å². The van der Waals surface area contributed by atoms with Gasteiger partial charge < -0.3 is 87.4 Å². The van der Waals surface area contributed by atoms with Gasteiger partial charge in [-0.1, -0.05) is 6.58 Å². The summed E-state index contributed by atoms with van der Waals surface area (Å²) in [6.07, 6.45) is 2.44. The van der Waals surface area contributed by atoms with Crippen LogP contribution >= 0.6 is 23.5 Å². The average molecular weight is 1170 g/mol. The number of amides is 2. The molecule has 26 heteroatoms. The molecule has 0 saturated carbocycles. The minimum absolute atomic E-state index is 0.0440. The lowest BCUT2D eigenvalue weighted by Gasteiger charge is -2.22. The normalized spacial score (nSPS) is 16.8. The Morgan fingerprint density at radius 1 is 0.481 bits per heavy atom. The molecule has 0 unspecified atom stereocenters. The van der Waals surface area contributed by atoms with Gasteiger partial charge in [0.05, 0.1) is 183 Å². The molecule has 0 bridgehead atoms. The Labute approximate surface area is 476 Å². The molecule has 0 aromatic carbocycles. The van der Waals surface area contributed by atoms with Crippen LogP contribution in [0.15, 0.2) is 12.3 Å². The number of ketones is 2. The van der Waals surface area contributed by atoms with Crippen LogP contribution in [0.4, 0.5) is 0 Å². The fourth-order valence-electron chi connectivity index (χ4n) is 6.45. The molecule has 2 saturated heterocycles. The van der Waals surface area contributed by atoms with Gasteiger partial charge in [-0.15, -0.1) is 0 Å². The van der Waals surface area contributed by atoms with E-state index in [2.05, 4.69) is 17.2 Å². The second-order valence-electron chi connectivity index (χ2n) is 18.4. The summed E-state index contributed by atoms with van der Waals surface area (Å²) in [5.41, 5.74) is 5.10. The number of carbonyl (C=O) groups is 6. The smallest absolute Gasteiger partial charge is 0.310 e. The van der Waals surface area contributed by atoms with Crippen LogP contribution in [0.25, 0.3) is 0 Å². The summed E-state index contributed by atoms with van der Waals surface area (Å²) in [6.45, 7) is 21.6. The van der Waals surface area contributed by atoms with Crippen molar-refractivity contribution in [3.63, 3.8) is 0 Å². The molecular formula is C53H95N3O21S2. The molecule has 2 atom stereocenters. The van der Waals surface area contributed by atoms with E-state index in [0.717, 1.165) is 18.6 Å². The van der Waals surface area contributed by atoms with Gasteiger partial charge in [0, 0.05) is 68.3 Å². The average Bonchev–Trinajstić information content (AvgIpc) is 3.41. The third kappa shape index (κ3) is 50.4. The molecule has 2 aliphatic rings. The molecule has 2 amide bonds. The van der Waals surface area contributed by atoms with Crippen molar-refractivity contribution in [2.24, 2.45) is 17.6 Å². The van der Waals surface area contributed by atoms with Crippen molar-refractivity contribution in [2.45, 2.75) is 64.9 Å². The number of nitrogens with two attached hydrogens (primary N) is 1. The number of hydrogen-bond acceptors (Lipinski definition) is 24. The fourth-order valence-corrected chi connectivity index (χ4v) is 8.52.